The van der Waals surface area contributed by atoms with Crippen LogP contribution in [0.3, 0.4) is 0 Å². The molecule has 8 heteroatoms. The summed E-state index contributed by atoms with van der Waals surface area (Å²) >= 11 is 0. The zero-order valence-corrected chi connectivity index (χ0v) is 12.9. The highest BCUT2D eigenvalue weighted by Gasteiger charge is 2.43. The van der Waals surface area contributed by atoms with E-state index in [1.165, 1.54) is 6.08 Å². The van der Waals surface area contributed by atoms with Crippen molar-refractivity contribution in [2.75, 3.05) is 52.4 Å². The van der Waals surface area contributed by atoms with Crippen molar-refractivity contribution in [3.63, 3.8) is 0 Å². The van der Waals surface area contributed by atoms with Crippen LogP contribution in [-0.2, 0) is 19.1 Å². The maximum Gasteiger partial charge on any atom is 0.293 e. The molecule has 3 aliphatic heterocycles. The van der Waals surface area contributed by atoms with Crippen molar-refractivity contribution in [1.82, 2.24) is 14.7 Å². The van der Waals surface area contributed by atoms with E-state index in [1.807, 2.05) is 14.7 Å². The predicted octanol–water partition coefficient (Wildman–Crippen LogP) is -1.70. The highest BCUT2D eigenvalue weighted by atomic mass is 16.5. The molecule has 0 saturated carbocycles. The van der Waals surface area contributed by atoms with Gasteiger partial charge >= 0.3 is 0 Å². The fraction of sp³-hybridized carbons (Fsp3) is 0.533. The standard InChI is InChI=1S/C12H13N3O2.C3H7NO2/c16-9-7-8(13-1-2-13)12(17)11(15-5-6-15)10(9)14-3-4-14;4-1-2-6-3-5/h7H,1-6H2;3H,1-2,4H2. The number of carbonyl (C=O) groups is 3. The second-order valence-corrected chi connectivity index (χ2v) is 5.64. The van der Waals surface area contributed by atoms with Crippen LogP contribution in [0.2, 0.25) is 0 Å². The molecule has 0 bridgehead atoms. The Morgan fingerprint density at radius 2 is 1.57 bits per heavy atom. The molecular formula is C15H20N4O4. The number of nitrogens with two attached hydrogens (primary N) is 1. The monoisotopic (exact) mass is 320 g/mol. The van der Waals surface area contributed by atoms with Gasteiger partial charge in [0.1, 0.15) is 18.0 Å². The van der Waals surface area contributed by atoms with E-state index in [1.54, 1.807) is 0 Å². The lowest BCUT2D eigenvalue weighted by Crippen LogP contribution is -2.29. The van der Waals surface area contributed by atoms with Gasteiger partial charge in [0.15, 0.2) is 0 Å². The van der Waals surface area contributed by atoms with Crippen LogP contribution >= 0.6 is 0 Å². The van der Waals surface area contributed by atoms with Crippen LogP contribution < -0.4 is 5.73 Å². The normalized spacial score (nSPS) is 21.6. The van der Waals surface area contributed by atoms with E-state index < -0.39 is 0 Å². The Morgan fingerprint density at radius 1 is 1.00 bits per heavy atom. The van der Waals surface area contributed by atoms with E-state index >= 15 is 0 Å². The fourth-order valence-electron chi connectivity index (χ4n) is 2.39. The van der Waals surface area contributed by atoms with Gasteiger partial charge in [-0.25, -0.2) is 0 Å². The SMILES string of the molecule is NCCOC=O.O=C1C=C(N2CC2)C(=O)C(N2CC2)=C1N1CC1. The van der Waals surface area contributed by atoms with Gasteiger partial charge in [0.2, 0.25) is 11.6 Å². The van der Waals surface area contributed by atoms with Gasteiger partial charge in [0.25, 0.3) is 6.47 Å². The second-order valence-electron chi connectivity index (χ2n) is 5.64. The summed E-state index contributed by atoms with van der Waals surface area (Å²) in [5, 5.41) is 0. The average Bonchev–Trinajstić information content (AvgIpc) is 3.41. The minimum absolute atomic E-state index is 0.00546. The Kier molecular flexibility index (Phi) is 4.33. The summed E-state index contributed by atoms with van der Waals surface area (Å²) in [6.07, 6.45) is 1.52. The minimum Gasteiger partial charge on any atom is -0.467 e. The number of ether oxygens (including phenoxy) is 1. The molecule has 0 aromatic carbocycles. The van der Waals surface area contributed by atoms with Crippen LogP contribution in [0.4, 0.5) is 0 Å². The molecule has 1 aliphatic carbocycles. The van der Waals surface area contributed by atoms with E-state index in [2.05, 4.69) is 4.74 Å². The second kappa shape index (κ2) is 6.41. The topological polar surface area (TPSA) is 95.5 Å². The summed E-state index contributed by atoms with van der Waals surface area (Å²) < 4.78 is 4.18. The zero-order chi connectivity index (χ0) is 16.4. The number of hydrogen-bond acceptors (Lipinski definition) is 8. The Balaban J connectivity index is 0.000000227. The van der Waals surface area contributed by atoms with Crippen LogP contribution in [-0.4, -0.2) is 85.2 Å². The van der Waals surface area contributed by atoms with Crippen molar-refractivity contribution in [2.45, 2.75) is 0 Å². The Labute approximate surface area is 134 Å². The highest BCUT2D eigenvalue weighted by Crippen LogP contribution is 2.33. The van der Waals surface area contributed by atoms with Gasteiger partial charge in [-0.1, -0.05) is 0 Å². The number of Topliss-reactive ketones (excluding diaryl/α,β-unsaturated/α-hetero) is 1. The molecule has 0 aromatic rings. The summed E-state index contributed by atoms with van der Waals surface area (Å²) in [4.78, 5) is 39.8. The number of rotatable bonds is 6. The van der Waals surface area contributed by atoms with Gasteiger partial charge in [0.05, 0.1) is 5.70 Å². The molecule has 0 amide bonds. The lowest BCUT2D eigenvalue weighted by molar-refractivity contribution is -0.128. The first-order chi connectivity index (χ1) is 11.2. The van der Waals surface area contributed by atoms with Gasteiger partial charge in [-0.15, -0.1) is 0 Å². The van der Waals surface area contributed by atoms with E-state index in [0.717, 1.165) is 39.3 Å². The van der Waals surface area contributed by atoms with Crippen LogP contribution in [0, 0.1) is 0 Å². The third-order valence-corrected chi connectivity index (χ3v) is 3.79. The summed E-state index contributed by atoms with van der Waals surface area (Å²) in [6, 6.07) is 0. The highest BCUT2D eigenvalue weighted by molar-refractivity contribution is 6.22. The number of carbonyl (C=O) groups excluding carboxylic acids is 3. The van der Waals surface area contributed by atoms with Crippen molar-refractivity contribution in [1.29, 1.82) is 0 Å². The molecule has 124 valence electrons. The Bertz CT molecular complexity index is 586. The molecule has 0 radical (unpaired) electrons. The van der Waals surface area contributed by atoms with Crippen molar-refractivity contribution >= 4 is 18.0 Å². The summed E-state index contributed by atoms with van der Waals surface area (Å²) in [7, 11) is 0. The number of hydrogen-bond donors (Lipinski definition) is 1. The summed E-state index contributed by atoms with van der Waals surface area (Å²) in [6.45, 7) is 6.51. The molecule has 3 saturated heterocycles. The third kappa shape index (κ3) is 3.53. The molecule has 4 aliphatic rings. The molecule has 8 nitrogen and oxygen atoms in total. The molecule has 0 aromatic heterocycles. The molecule has 4 rings (SSSR count). The van der Waals surface area contributed by atoms with E-state index in [9.17, 15) is 14.4 Å². The van der Waals surface area contributed by atoms with Crippen LogP contribution in [0.25, 0.3) is 0 Å². The smallest absolute Gasteiger partial charge is 0.293 e. The molecule has 0 atom stereocenters. The van der Waals surface area contributed by atoms with Crippen molar-refractivity contribution in [2.24, 2.45) is 5.73 Å². The Hall–Kier alpha value is -2.35. The molecule has 0 spiro atoms. The quantitative estimate of drug-likeness (QED) is 0.268. The van der Waals surface area contributed by atoms with Crippen LogP contribution in [0.5, 0.6) is 0 Å². The van der Waals surface area contributed by atoms with Crippen molar-refractivity contribution in [3.8, 4) is 0 Å². The summed E-state index contributed by atoms with van der Waals surface area (Å²) in [5.74, 6) is 0.0485. The van der Waals surface area contributed by atoms with E-state index in [0.29, 0.717) is 36.7 Å². The van der Waals surface area contributed by atoms with Crippen LogP contribution in [0.1, 0.15) is 0 Å². The Morgan fingerprint density at radius 3 is 2.00 bits per heavy atom. The first-order valence-corrected chi connectivity index (χ1v) is 7.72. The first kappa shape index (κ1) is 15.5. The van der Waals surface area contributed by atoms with Gasteiger partial charge in [0, 0.05) is 51.9 Å². The van der Waals surface area contributed by atoms with Crippen molar-refractivity contribution in [3.05, 3.63) is 23.2 Å². The van der Waals surface area contributed by atoms with Crippen molar-refractivity contribution < 1.29 is 19.1 Å². The number of nitrogens with zero attached hydrogens (tertiary/aromatic N) is 3. The molecule has 2 N–H and O–H groups in total. The lowest BCUT2D eigenvalue weighted by atomic mass is 10.0. The maximum atomic E-state index is 12.4. The number of ketones is 2. The molecular weight excluding hydrogens is 300 g/mol. The van der Waals surface area contributed by atoms with Crippen LogP contribution in [0.15, 0.2) is 23.2 Å². The largest absolute Gasteiger partial charge is 0.467 e. The predicted molar refractivity (Wildman–Crippen MR) is 80.9 cm³/mol. The maximum absolute atomic E-state index is 12.4. The van der Waals surface area contributed by atoms with E-state index in [-0.39, 0.29) is 11.6 Å². The zero-order valence-electron chi connectivity index (χ0n) is 12.9. The summed E-state index contributed by atoms with van der Waals surface area (Å²) in [5.41, 5.74) is 6.82. The first-order valence-electron chi connectivity index (χ1n) is 7.72. The molecule has 3 fully saturated rings. The average molecular weight is 320 g/mol. The lowest BCUT2D eigenvalue weighted by Gasteiger charge is -2.21. The van der Waals surface area contributed by atoms with Gasteiger partial charge in [-0.05, 0) is 0 Å². The van der Waals surface area contributed by atoms with E-state index in [4.69, 9.17) is 5.73 Å². The molecule has 3 heterocycles. The number of allylic oxidation sites excluding steroid dienone is 1. The van der Waals surface area contributed by atoms with Gasteiger partial charge in [-0.3, -0.25) is 14.4 Å². The van der Waals surface area contributed by atoms with Gasteiger partial charge < -0.3 is 25.2 Å². The fourth-order valence-corrected chi connectivity index (χ4v) is 2.39. The molecule has 23 heavy (non-hydrogen) atoms. The third-order valence-electron chi connectivity index (χ3n) is 3.79. The minimum atomic E-state index is 0.00546. The molecule has 0 unspecified atom stereocenters. The van der Waals surface area contributed by atoms with Gasteiger partial charge in [-0.2, -0.15) is 0 Å².